The molecule has 1 aliphatic rings. The molecule has 0 amide bonds. The predicted octanol–water partition coefficient (Wildman–Crippen LogP) is 8.50. The lowest BCUT2D eigenvalue weighted by atomic mass is 9.63. The summed E-state index contributed by atoms with van der Waals surface area (Å²) in [6, 6.07) is 0. The SMILES string of the molecule is CCCCCC(CCCCC)C(C)CC(C)(C1CC1)C(C)C(C)C. The van der Waals surface area contributed by atoms with Gasteiger partial charge in [0.2, 0.25) is 0 Å². The minimum Gasteiger partial charge on any atom is -0.0654 e. The first kappa shape index (κ1) is 22.0. The highest BCUT2D eigenvalue weighted by molar-refractivity contribution is 4.96. The van der Waals surface area contributed by atoms with Crippen molar-refractivity contribution in [3.05, 3.63) is 0 Å². The van der Waals surface area contributed by atoms with Gasteiger partial charge in [0.25, 0.3) is 0 Å². The van der Waals surface area contributed by atoms with Crippen LogP contribution in [0.4, 0.5) is 0 Å². The van der Waals surface area contributed by atoms with Crippen molar-refractivity contribution in [1.29, 1.82) is 0 Å². The molecule has 0 spiro atoms. The molecule has 0 heteroatoms. The highest BCUT2D eigenvalue weighted by Crippen LogP contribution is 2.55. The molecule has 0 bridgehead atoms. The minimum atomic E-state index is 0.585. The molecular formula is C24H48. The molecule has 24 heavy (non-hydrogen) atoms. The highest BCUT2D eigenvalue weighted by Gasteiger charge is 2.46. The van der Waals surface area contributed by atoms with E-state index in [1.807, 2.05) is 0 Å². The third-order valence-corrected chi connectivity index (χ3v) is 7.47. The van der Waals surface area contributed by atoms with E-state index in [-0.39, 0.29) is 0 Å². The molecule has 1 rings (SSSR count). The van der Waals surface area contributed by atoms with Crippen LogP contribution in [0.5, 0.6) is 0 Å². The summed E-state index contributed by atoms with van der Waals surface area (Å²) in [5, 5.41) is 0. The van der Waals surface area contributed by atoms with Crippen LogP contribution in [0.25, 0.3) is 0 Å². The highest BCUT2D eigenvalue weighted by atomic mass is 14.5. The summed E-state index contributed by atoms with van der Waals surface area (Å²) in [6.07, 6.45) is 15.9. The van der Waals surface area contributed by atoms with E-state index in [4.69, 9.17) is 0 Å². The first-order chi connectivity index (χ1) is 11.4. The second-order valence-corrected chi connectivity index (χ2v) is 9.75. The Balaban J connectivity index is 2.69. The summed E-state index contributed by atoms with van der Waals surface area (Å²) in [7, 11) is 0. The lowest BCUT2D eigenvalue weighted by Gasteiger charge is -2.42. The van der Waals surface area contributed by atoms with E-state index in [1.54, 1.807) is 0 Å². The van der Waals surface area contributed by atoms with Crippen molar-refractivity contribution < 1.29 is 0 Å². The Morgan fingerprint density at radius 3 is 1.71 bits per heavy atom. The van der Waals surface area contributed by atoms with Crippen LogP contribution in [0.2, 0.25) is 0 Å². The lowest BCUT2D eigenvalue weighted by molar-refractivity contribution is 0.0702. The fraction of sp³-hybridized carbons (Fsp3) is 1.00. The third kappa shape index (κ3) is 6.72. The van der Waals surface area contributed by atoms with Gasteiger partial charge in [0.15, 0.2) is 0 Å². The maximum Gasteiger partial charge on any atom is -0.0267 e. The lowest BCUT2D eigenvalue weighted by Crippen LogP contribution is -2.34. The Kier molecular flexibility index (Phi) is 9.98. The first-order valence-electron chi connectivity index (χ1n) is 11.4. The van der Waals surface area contributed by atoms with E-state index in [0.29, 0.717) is 5.41 Å². The molecule has 0 aromatic heterocycles. The minimum absolute atomic E-state index is 0.585. The van der Waals surface area contributed by atoms with Crippen molar-refractivity contribution >= 4 is 0 Å². The Labute approximate surface area is 154 Å². The van der Waals surface area contributed by atoms with Crippen LogP contribution in [-0.4, -0.2) is 0 Å². The van der Waals surface area contributed by atoms with Crippen molar-refractivity contribution in [2.24, 2.45) is 35.0 Å². The van der Waals surface area contributed by atoms with Gasteiger partial charge >= 0.3 is 0 Å². The molecule has 0 heterocycles. The van der Waals surface area contributed by atoms with E-state index in [1.165, 1.54) is 70.6 Å². The van der Waals surface area contributed by atoms with Crippen LogP contribution in [0.1, 0.15) is 119 Å². The summed E-state index contributed by atoms with van der Waals surface area (Å²) in [4.78, 5) is 0. The van der Waals surface area contributed by atoms with Gasteiger partial charge in [-0.3, -0.25) is 0 Å². The van der Waals surface area contributed by atoms with Gasteiger partial charge in [-0.2, -0.15) is 0 Å². The molecule has 3 atom stereocenters. The van der Waals surface area contributed by atoms with Crippen molar-refractivity contribution in [3.63, 3.8) is 0 Å². The van der Waals surface area contributed by atoms with Crippen LogP contribution >= 0.6 is 0 Å². The molecule has 0 aromatic rings. The number of unbranched alkanes of at least 4 members (excludes halogenated alkanes) is 4. The average molecular weight is 337 g/mol. The fourth-order valence-electron chi connectivity index (χ4n) is 5.12. The van der Waals surface area contributed by atoms with E-state index < -0.39 is 0 Å². The number of rotatable bonds is 14. The molecule has 0 saturated heterocycles. The summed E-state index contributed by atoms with van der Waals surface area (Å²) in [6.45, 7) is 17.3. The van der Waals surface area contributed by atoms with Gasteiger partial charge in [0.1, 0.15) is 0 Å². The Bertz CT molecular complexity index is 304. The molecule has 0 nitrogen and oxygen atoms in total. The van der Waals surface area contributed by atoms with Crippen LogP contribution < -0.4 is 0 Å². The van der Waals surface area contributed by atoms with Crippen LogP contribution in [-0.2, 0) is 0 Å². The quantitative estimate of drug-likeness (QED) is 0.279. The van der Waals surface area contributed by atoms with Gasteiger partial charge in [0.05, 0.1) is 0 Å². The van der Waals surface area contributed by atoms with Crippen molar-refractivity contribution in [2.75, 3.05) is 0 Å². The second-order valence-electron chi connectivity index (χ2n) is 9.75. The van der Waals surface area contributed by atoms with Crippen LogP contribution in [0, 0.1) is 35.0 Å². The van der Waals surface area contributed by atoms with Crippen molar-refractivity contribution in [2.45, 2.75) is 119 Å². The zero-order chi connectivity index (χ0) is 18.2. The Hall–Kier alpha value is 0. The number of hydrogen-bond acceptors (Lipinski definition) is 0. The smallest absolute Gasteiger partial charge is 0.0267 e. The molecule has 1 saturated carbocycles. The zero-order valence-corrected chi connectivity index (χ0v) is 18.2. The molecule has 0 aromatic carbocycles. The van der Waals surface area contributed by atoms with Crippen LogP contribution in [0.3, 0.4) is 0 Å². The molecule has 1 aliphatic carbocycles. The Morgan fingerprint density at radius 2 is 1.33 bits per heavy atom. The molecule has 0 N–H and O–H groups in total. The molecular weight excluding hydrogens is 288 g/mol. The molecule has 0 radical (unpaired) electrons. The third-order valence-electron chi connectivity index (χ3n) is 7.47. The number of hydrogen-bond donors (Lipinski definition) is 0. The molecule has 3 unspecified atom stereocenters. The fourth-order valence-corrected chi connectivity index (χ4v) is 5.12. The molecule has 1 fully saturated rings. The molecule has 144 valence electrons. The van der Waals surface area contributed by atoms with E-state index in [0.717, 1.165) is 29.6 Å². The van der Waals surface area contributed by atoms with Gasteiger partial charge in [-0.25, -0.2) is 0 Å². The maximum absolute atomic E-state index is 2.64. The van der Waals surface area contributed by atoms with Gasteiger partial charge in [-0.15, -0.1) is 0 Å². The predicted molar refractivity (Wildman–Crippen MR) is 110 cm³/mol. The van der Waals surface area contributed by atoms with Gasteiger partial charge in [-0.1, -0.05) is 99.8 Å². The summed E-state index contributed by atoms with van der Waals surface area (Å²) < 4.78 is 0. The largest absolute Gasteiger partial charge is 0.0654 e. The summed E-state index contributed by atoms with van der Waals surface area (Å²) in [5.41, 5.74) is 0.585. The van der Waals surface area contributed by atoms with E-state index in [2.05, 4.69) is 48.5 Å². The normalized spacial score (nSPS) is 20.4. The topological polar surface area (TPSA) is 0 Å². The summed E-state index contributed by atoms with van der Waals surface area (Å²) >= 11 is 0. The zero-order valence-electron chi connectivity index (χ0n) is 18.2. The molecule has 0 aliphatic heterocycles. The summed E-state index contributed by atoms with van der Waals surface area (Å²) in [5.74, 6) is 4.58. The first-order valence-corrected chi connectivity index (χ1v) is 11.4. The van der Waals surface area contributed by atoms with Crippen LogP contribution in [0.15, 0.2) is 0 Å². The Morgan fingerprint density at radius 1 is 0.833 bits per heavy atom. The second kappa shape index (κ2) is 10.9. The van der Waals surface area contributed by atoms with Crippen molar-refractivity contribution in [1.82, 2.24) is 0 Å². The van der Waals surface area contributed by atoms with Gasteiger partial charge < -0.3 is 0 Å². The van der Waals surface area contributed by atoms with Gasteiger partial charge in [0, 0.05) is 0 Å². The van der Waals surface area contributed by atoms with E-state index in [9.17, 15) is 0 Å². The van der Waals surface area contributed by atoms with Gasteiger partial charge in [-0.05, 0) is 54.3 Å². The van der Waals surface area contributed by atoms with Crippen molar-refractivity contribution in [3.8, 4) is 0 Å². The maximum atomic E-state index is 2.64. The monoisotopic (exact) mass is 336 g/mol. The average Bonchev–Trinajstić information content (AvgIpc) is 3.37. The van der Waals surface area contributed by atoms with E-state index >= 15 is 0 Å². The standard InChI is InChI=1S/C24H48/c1-8-10-12-14-22(15-13-11-9-2)20(5)18-24(7,23-16-17-23)21(6)19(3)4/h19-23H,8-18H2,1-7H3.